The van der Waals surface area contributed by atoms with Crippen molar-refractivity contribution >= 4 is 29.9 Å². The fourth-order valence-corrected chi connectivity index (χ4v) is 1.45. The Balaban J connectivity index is 0.00000441. The number of hydrogen-bond donors (Lipinski definition) is 2. The van der Waals surface area contributed by atoms with Crippen molar-refractivity contribution in [2.45, 2.75) is 32.9 Å². The molecule has 0 amide bonds. The van der Waals surface area contributed by atoms with E-state index < -0.39 is 0 Å². The zero-order valence-electron chi connectivity index (χ0n) is 14.0. The Morgan fingerprint density at radius 1 is 1.41 bits per heavy atom. The molecule has 2 N–H and O–H groups in total. The van der Waals surface area contributed by atoms with Gasteiger partial charge < -0.3 is 19.9 Å². The SMILES string of the molecule is C=CCNC(=NCc1nnc(C)n1C)NCC(C)(C)OC.I. The van der Waals surface area contributed by atoms with Crippen molar-refractivity contribution in [1.82, 2.24) is 25.4 Å². The van der Waals surface area contributed by atoms with E-state index in [1.807, 2.05) is 32.4 Å². The molecule has 0 atom stereocenters. The minimum absolute atomic E-state index is 0. The lowest BCUT2D eigenvalue weighted by Crippen LogP contribution is -2.45. The summed E-state index contributed by atoms with van der Waals surface area (Å²) >= 11 is 0. The molecule has 7 nitrogen and oxygen atoms in total. The van der Waals surface area contributed by atoms with E-state index in [1.165, 1.54) is 0 Å². The second-order valence-electron chi connectivity index (χ2n) is 5.37. The Labute approximate surface area is 149 Å². The Hall–Kier alpha value is -1.16. The Morgan fingerprint density at radius 3 is 2.59 bits per heavy atom. The van der Waals surface area contributed by atoms with Gasteiger partial charge in [-0.1, -0.05) is 6.08 Å². The number of hydrogen-bond acceptors (Lipinski definition) is 4. The van der Waals surface area contributed by atoms with Crippen LogP contribution in [0.5, 0.6) is 0 Å². The van der Waals surface area contributed by atoms with Crippen molar-refractivity contribution in [3.8, 4) is 0 Å². The molecular formula is C14H27IN6O. The summed E-state index contributed by atoms with van der Waals surface area (Å²) in [5.41, 5.74) is -0.266. The number of halogens is 1. The van der Waals surface area contributed by atoms with Crippen molar-refractivity contribution < 1.29 is 4.74 Å². The fraction of sp³-hybridized carbons (Fsp3) is 0.643. The predicted octanol–water partition coefficient (Wildman–Crippen LogP) is 1.39. The topological polar surface area (TPSA) is 76.4 Å². The number of guanidine groups is 1. The molecule has 22 heavy (non-hydrogen) atoms. The molecular weight excluding hydrogens is 395 g/mol. The van der Waals surface area contributed by atoms with Gasteiger partial charge in [0.05, 0.1) is 5.60 Å². The second kappa shape index (κ2) is 9.78. The van der Waals surface area contributed by atoms with Crippen molar-refractivity contribution in [3.63, 3.8) is 0 Å². The van der Waals surface area contributed by atoms with Crippen LogP contribution in [0.1, 0.15) is 25.5 Å². The molecule has 0 aliphatic carbocycles. The highest BCUT2D eigenvalue weighted by molar-refractivity contribution is 14.0. The van der Waals surface area contributed by atoms with Crippen LogP contribution in [0.2, 0.25) is 0 Å². The number of nitrogens with one attached hydrogen (secondary N) is 2. The number of aryl methyl sites for hydroxylation is 1. The quantitative estimate of drug-likeness (QED) is 0.301. The highest BCUT2D eigenvalue weighted by Gasteiger charge is 2.16. The van der Waals surface area contributed by atoms with E-state index in [9.17, 15) is 0 Å². The van der Waals surface area contributed by atoms with Gasteiger partial charge in [-0.05, 0) is 20.8 Å². The average Bonchev–Trinajstić information content (AvgIpc) is 2.78. The van der Waals surface area contributed by atoms with Crippen molar-refractivity contribution in [3.05, 3.63) is 24.3 Å². The van der Waals surface area contributed by atoms with Gasteiger partial charge in [-0.15, -0.1) is 40.8 Å². The molecule has 0 spiro atoms. The van der Waals surface area contributed by atoms with Crippen LogP contribution in [-0.2, 0) is 18.3 Å². The molecule has 0 bridgehead atoms. The van der Waals surface area contributed by atoms with E-state index in [4.69, 9.17) is 4.74 Å². The fourth-order valence-electron chi connectivity index (χ4n) is 1.45. The van der Waals surface area contributed by atoms with Crippen LogP contribution in [0.3, 0.4) is 0 Å². The molecule has 0 aliphatic rings. The number of aliphatic imine (C=N–C) groups is 1. The molecule has 1 rings (SSSR count). The van der Waals surface area contributed by atoms with Crippen molar-refractivity contribution in [2.75, 3.05) is 20.2 Å². The van der Waals surface area contributed by atoms with Gasteiger partial charge in [-0.25, -0.2) is 4.99 Å². The maximum atomic E-state index is 5.39. The predicted molar refractivity (Wildman–Crippen MR) is 99.6 cm³/mol. The summed E-state index contributed by atoms with van der Waals surface area (Å²) in [4.78, 5) is 4.51. The first-order valence-electron chi connectivity index (χ1n) is 6.92. The van der Waals surface area contributed by atoms with Crippen LogP contribution >= 0.6 is 24.0 Å². The largest absolute Gasteiger partial charge is 0.377 e. The molecule has 0 fully saturated rings. The molecule has 1 aromatic rings. The van der Waals surface area contributed by atoms with Crippen LogP contribution < -0.4 is 10.6 Å². The van der Waals surface area contributed by atoms with Gasteiger partial charge in [0.25, 0.3) is 0 Å². The lowest BCUT2D eigenvalue weighted by Gasteiger charge is -2.24. The minimum atomic E-state index is -0.266. The van der Waals surface area contributed by atoms with Crippen molar-refractivity contribution in [2.24, 2.45) is 12.0 Å². The Bertz CT molecular complexity index is 498. The van der Waals surface area contributed by atoms with Gasteiger partial charge in [0.15, 0.2) is 11.8 Å². The molecule has 0 saturated carbocycles. The van der Waals surface area contributed by atoms with Gasteiger partial charge in [0.1, 0.15) is 12.4 Å². The molecule has 126 valence electrons. The third-order valence-corrected chi connectivity index (χ3v) is 3.21. The number of rotatable bonds is 7. The minimum Gasteiger partial charge on any atom is -0.377 e. The number of nitrogens with zero attached hydrogens (tertiary/aromatic N) is 4. The first-order valence-corrected chi connectivity index (χ1v) is 6.92. The third kappa shape index (κ3) is 6.73. The molecule has 0 radical (unpaired) electrons. The van der Waals surface area contributed by atoms with Crippen LogP contribution in [0.25, 0.3) is 0 Å². The van der Waals surface area contributed by atoms with Gasteiger partial charge in [0.2, 0.25) is 0 Å². The summed E-state index contributed by atoms with van der Waals surface area (Å²) in [6.45, 7) is 11.4. The van der Waals surface area contributed by atoms with Crippen LogP contribution in [0, 0.1) is 6.92 Å². The zero-order chi connectivity index (χ0) is 15.9. The monoisotopic (exact) mass is 422 g/mol. The average molecular weight is 422 g/mol. The molecule has 8 heteroatoms. The van der Waals surface area contributed by atoms with Gasteiger partial charge in [-0.2, -0.15) is 0 Å². The Morgan fingerprint density at radius 2 is 2.09 bits per heavy atom. The standard InChI is InChI=1S/C14H26N6O.HI/c1-7-8-15-13(17-10-14(3,4)21-6)16-9-12-19-18-11(2)20(12)5;/h7H,1,8-10H2,2-6H3,(H2,15,16,17);1H. The summed E-state index contributed by atoms with van der Waals surface area (Å²) < 4.78 is 7.31. The first-order chi connectivity index (χ1) is 9.89. The van der Waals surface area contributed by atoms with Gasteiger partial charge in [0, 0.05) is 27.2 Å². The molecule has 1 aromatic heterocycles. The molecule has 1 heterocycles. The van der Waals surface area contributed by atoms with Crippen LogP contribution in [0.15, 0.2) is 17.6 Å². The summed E-state index contributed by atoms with van der Waals surface area (Å²) in [6.07, 6.45) is 1.78. The second-order valence-corrected chi connectivity index (χ2v) is 5.37. The normalized spacial score (nSPS) is 11.8. The van der Waals surface area contributed by atoms with E-state index in [2.05, 4.69) is 32.4 Å². The van der Waals surface area contributed by atoms with Gasteiger partial charge in [-0.3, -0.25) is 0 Å². The van der Waals surface area contributed by atoms with Crippen LogP contribution in [-0.4, -0.2) is 46.5 Å². The van der Waals surface area contributed by atoms with E-state index in [0.29, 0.717) is 25.6 Å². The van der Waals surface area contributed by atoms with E-state index >= 15 is 0 Å². The van der Waals surface area contributed by atoms with Crippen LogP contribution in [0.4, 0.5) is 0 Å². The summed E-state index contributed by atoms with van der Waals surface area (Å²) in [7, 11) is 3.62. The molecule has 0 aliphatic heterocycles. The van der Waals surface area contributed by atoms with E-state index in [-0.39, 0.29) is 29.6 Å². The highest BCUT2D eigenvalue weighted by atomic mass is 127. The number of methoxy groups -OCH3 is 1. The maximum Gasteiger partial charge on any atom is 0.192 e. The number of aromatic nitrogens is 3. The smallest absolute Gasteiger partial charge is 0.192 e. The Kier molecular flexibility index (Phi) is 9.26. The van der Waals surface area contributed by atoms with E-state index in [1.54, 1.807) is 13.2 Å². The molecule has 0 saturated heterocycles. The lowest BCUT2D eigenvalue weighted by atomic mass is 10.1. The molecule has 0 unspecified atom stereocenters. The summed E-state index contributed by atoms with van der Waals surface area (Å²) in [5, 5.41) is 14.5. The zero-order valence-corrected chi connectivity index (χ0v) is 16.3. The summed E-state index contributed by atoms with van der Waals surface area (Å²) in [6, 6.07) is 0. The number of ether oxygens (including phenoxy) is 1. The maximum absolute atomic E-state index is 5.39. The first kappa shape index (κ1) is 20.8. The highest BCUT2D eigenvalue weighted by Crippen LogP contribution is 2.04. The third-order valence-electron chi connectivity index (χ3n) is 3.21. The van der Waals surface area contributed by atoms with E-state index in [0.717, 1.165) is 11.6 Å². The summed E-state index contributed by atoms with van der Waals surface area (Å²) in [5.74, 6) is 2.38. The lowest BCUT2D eigenvalue weighted by molar-refractivity contribution is 0.0268. The van der Waals surface area contributed by atoms with Gasteiger partial charge >= 0.3 is 0 Å². The van der Waals surface area contributed by atoms with Crippen molar-refractivity contribution in [1.29, 1.82) is 0 Å². The molecule has 0 aromatic carbocycles.